The van der Waals surface area contributed by atoms with E-state index in [2.05, 4.69) is 15.8 Å². The lowest BCUT2D eigenvalue weighted by Gasteiger charge is -2.07. The van der Waals surface area contributed by atoms with Gasteiger partial charge in [0.1, 0.15) is 17.3 Å². The smallest absolute Gasteiger partial charge is 0.303 e. The molecule has 0 amide bonds. The van der Waals surface area contributed by atoms with Crippen LogP contribution < -0.4 is 10.7 Å². The van der Waals surface area contributed by atoms with Crippen molar-refractivity contribution in [3.63, 3.8) is 0 Å². The number of rotatable bonds is 6. The average molecular weight is 363 g/mol. The number of hydrogen-bond donors (Lipinski definition) is 3. The third-order valence-electron chi connectivity index (χ3n) is 3.37. The second kappa shape index (κ2) is 8.39. The van der Waals surface area contributed by atoms with Crippen molar-refractivity contribution in [3.8, 4) is 0 Å². The Kier molecular flexibility index (Phi) is 6.24. The molecule has 0 spiro atoms. The first-order valence-electron chi connectivity index (χ1n) is 7.53. The summed E-state index contributed by atoms with van der Waals surface area (Å²) in [6, 6.07) is 7.55. The maximum Gasteiger partial charge on any atom is 0.303 e. The third-order valence-corrected chi connectivity index (χ3v) is 3.56. The van der Waals surface area contributed by atoms with E-state index in [1.54, 1.807) is 32.0 Å². The Morgan fingerprint density at radius 2 is 2.04 bits per heavy atom. The molecule has 0 radical (unpaired) electrons. The molecule has 1 heterocycles. The molecule has 1 aromatic carbocycles. The van der Waals surface area contributed by atoms with E-state index in [0.29, 0.717) is 29.3 Å². The number of benzene rings is 1. The fourth-order valence-corrected chi connectivity index (χ4v) is 2.31. The van der Waals surface area contributed by atoms with Gasteiger partial charge in [0.25, 0.3) is 0 Å². The summed E-state index contributed by atoms with van der Waals surface area (Å²) in [5.41, 5.74) is 4.77. The second-order valence-electron chi connectivity index (χ2n) is 5.35. The van der Waals surface area contributed by atoms with Crippen molar-refractivity contribution >= 4 is 34.7 Å². The van der Waals surface area contributed by atoms with Crippen LogP contribution in [0.2, 0.25) is 0 Å². The molecule has 0 bridgehead atoms. The predicted molar refractivity (Wildman–Crippen MR) is 97.4 cm³/mol. The molecule has 0 saturated carbocycles. The van der Waals surface area contributed by atoms with Crippen LogP contribution in [0.5, 0.6) is 0 Å². The Balaban J connectivity index is 1.97. The summed E-state index contributed by atoms with van der Waals surface area (Å²) in [5, 5.41) is 16.1. The zero-order chi connectivity index (χ0) is 18.4. The quantitative estimate of drug-likeness (QED) is 0.414. The molecule has 0 saturated heterocycles. The molecule has 0 aliphatic carbocycles. The maximum absolute atomic E-state index is 12.9. The summed E-state index contributed by atoms with van der Waals surface area (Å²) in [6.45, 7) is 3.57. The third kappa shape index (κ3) is 5.68. The molecular formula is C17H18FN3O3S. The molecular weight excluding hydrogens is 345 g/mol. The van der Waals surface area contributed by atoms with Crippen LogP contribution in [-0.4, -0.2) is 21.9 Å². The van der Waals surface area contributed by atoms with Crippen LogP contribution >= 0.6 is 12.2 Å². The molecule has 6 nitrogen and oxygen atoms in total. The summed E-state index contributed by atoms with van der Waals surface area (Å²) >= 11 is 5.13. The van der Waals surface area contributed by atoms with Gasteiger partial charge in [-0.05, 0) is 56.4 Å². The number of aryl methyl sites for hydroxylation is 2. The number of carboxylic acids is 1. The van der Waals surface area contributed by atoms with Gasteiger partial charge in [-0.1, -0.05) is 0 Å². The Morgan fingerprint density at radius 1 is 1.36 bits per heavy atom. The molecule has 1 aromatic heterocycles. The Morgan fingerprint density at radius 3 is 2.68 bits per heavy atom. The monoisotopic (exact) mass is 363 g/mol. The number of hydrogen-bond acceptors (Lipinski definition) is 4. The van der Waals surface area contributed by atoms with Gasteiger partial charge >= 0.3 is 5.97 Å². The highest BCUT2D eigenvalue weighted by Crippen LogP contribution is 2.17. The Labute approximate surface area is 149 Å². The van der Waals surface area contributed by atoms with Crippen molar-refractivity contribution in [2.24, 2.45) is 5.10 Å². The minimum absolute atomic E-state index is 0.00646. The largest absolute Gasteiger partial charge is 0.481 e. The number of thiocarbonyl (C=S) groups is 1. The van der Waals surface area contributed by atoms with Crippen molar-refractivity contribution in [1.29, 1.82) is 0 Å². The minimum Gasteiger partial charge on any atom is -0.481 e. The van der Waals surface area contributed by atoms with Crippen LogP contribution in [0.3, 0.4) is 0 Å². The van der Waals surface area contributed by atoms with E-state index in [-0.39, 0.29) is 17.4 Å². The molecule has 2 rings (SSSR count). The van der Waals surface area contributed by atoms with Gasteiger partial charge in [0.2, 0.25) is 0 Å². The topological polar surface area (TPSA) is 86.9 Å². The molecule has 0 atom stereocenters. The number of halogens is 1. The van der Waals surface area contributed by atoms with Crippen LogP contribution in [0, 0.1) is 12.7 Å². The van der Waals surface area contributed by atoms with Crippen molar-refractivity contribution in [2.75, 3.05) is 5.32 Å². The SMILES string of the molecule is C/C(=N/NC(=S)Nc1ccc(F)cc1)c1cc(CCC(=O)O)oc1C. The molecule has 2 aromatic rings. The molecule has 0 aliphatic heterocycles. The molecule has 8 heteroatoms. The van der Waals surface area contributed by atoms with Crippen LogP contribution in [0.25, 0.3) is 0 Å². The summed E-state index contributed by atoms with van der Waals surface area (Å²) in [7, 11) is 0. The average Bonchev–Trinajstić information content (AvgIpc) is 2.94. The van der Waals surface area contributed by atoms with Gasteiger partial charge < -0.3 is 14.8 Å². The maximum atomic E-state index is 12.9. The summed E-state index contributed by atoms with van der Waals surface area (Å²) in [4.78, 5) is 10.6. The van der Waals surface area contributed by atoms with Crippen LogP contribution in [0.4, 0.5) is 10.1 Å². The summed E-state index contributed by atoms with van der Waals surface area (Å²) in [5.74, 6) is 0.0459. The minimum atomic E-state index is -0.875. The highest BCUT2D eigenvalue weighted by molar-refractivity contribution is 7.80. The molecule has 0 unspecified atom stereocenters. The lowest BCUT2D eigenvalue weighted by molar-refractivity contribution is -0.137. The van der Waals surface area contributed by atoms with Gasteiger partial charge in [0, 0.05) is 17.7 Å². The van der Waals surface area contributed by atoms with Crippen molar-refractivity contribution in [1.82, 2.24) is 5.43 Å². The van der Waals surface area contributed by atoms with E-state index in [1.807, 2.05) is 0 Å². The first-order valence-corrected chi connectivity index (χ1v) is 7.94. The Bertz CT molecular complexity index is 800. The highest BCUT2D eigenvalue weighted by Gasteiger charge is 2.11. The van der Waals surface area contributed by atoms with E-state index in [4.69, 9.17) is 21.7 Å². The second-order valence-corrected chi connectivity index (χ2v) is 5.75. The Hall–Kier alpha value is -2.74. The lowest BCUT2D eigenvalue weighted by Crippen LogP contribution is -2.25. The van der Waals surface area contributed by atoms with E-state index in [9.17, 15) is 9.18 Å². The first kappa shape index (κ1) is 18.6. The van der Waals surface area contributed by atoms with E-state index >= 15 is 0 Å². The van der Waals surface area contributed by atoms with Crippen LogP contribution in [0.1, 0.15) is 30.4 Å². The lowest BCUT2D eigenvalue weighted by atomic mass is 10.1. The number of hydrazone groups is 1. The van der Waals surface area contributed by atoms with Gasteiger partial charge in [-0.3, -0.25) is 10.2 Å². The number of nitrogens with zero attached hydrogens (tertiary/aromatic N) is 1. The zero-order valence-electron chi connectivity index (χ0n) is 13.8. The fourth-order valence-electron chi connectivity index (χ4n) is 2.14. The normalized spacial score (nSPS) is 11.2. The number of anilines is 1. The van der Waals surface area contributed by atoms with E-state index < -0.39 is 5.97 Å². The van der Waals surface area contributed by atoms with Crippen molar-refractivity contribution < 1.29 is 18.7 Å². The highest BCUT2D eigenvalue weighted by atomic mass is 32.1. The van der Waals surface area contributed by atoms with Gasteiger partial charge in [-0.2, -0.15) is 5.10 Å². The molecule has 0 aliphatic rings. The summed E-state index contributed by atoms with van der Waals surface area (Å²) < 4.78 is 18.4. The number of furan rings is 1. The number of aliphatic carboxylic acids is 1. The van der Waals surface area contributed by atoms with E-state index in [0.717, 1.165) is 5.56 Å². The van der Waals surface area contributed by atoms with Crippen LogP contribution in [0.15, 0.2) is 39.9 Å². The molecule has 25 heavy (non-hydrogen) atoms. The van der Waals surface area contributed by atoms with Gasteiger partial charge in [-0.15, -0.1) is 0 Å². The van der Waals surface area contributed by atoms with Crippen LogP contribution in [-0.2, 0) is 11.2 Å². The molecule has 132 valence electrons. The summed E-state index contributed by atoms with van der Waals surface area (Å²) in [6.07, 6.45) is 0.327. The fraction of sp³-hybridized carbons (Fsp3) is 0.235. The van der Waals surface area contributed by atoms with Gasteiger partial charge in [0.05, 0.1) is 12.1 Å². The van der Waals surface area contributed by atoms with Gasteiger partial charge in [-0.25, -0.2) is 4.39 Å². The van der Waals surface area contributed by atoms with E-state index in [1.165, 1.54) is 12.1 Å². The first-order chi connectivity index (χ1) is 11.8. The number of carbonyl (C=O) groups is 1. The molecule has 0 fully saturated rings. The van der Waals surface area contributed by atoms with Gasteiger partial charge in [0.15, 0.2) is 5.11 Å². The zero-order valence-corrected chi connectivity index (χ0v) is 14.6. The number of nitrogens with one attached hydrogen (secondary N) is 2. The standard InChI is InChI=1S/C17H18FN3O3S/c1-10(15-9-14(24-11(15)2)7-8-16(22)23)20-21-17(25)19-13-5-3-12(18)4-6-13/h3-6,9H,7-8H2,1-2H3,(H,22,23)(H2,19,21,25)/b20-10-. The molecule has 3 N–H and O–H groups in total. The number of carboxylic acid groups (broad SMARTS) is 1. The van der Waals surface area contributed by atoms with Crippen molar-refractivity contribution in [3.05, 3.63) is 53.2 Å². The predicted octanol–water partition coefficient (Wildman–Crippen LogP) is 3.45. The van der Waals surface area contributed by atoms with Crippen molar-refractivity contribution in [2.45, 2.75) is 26.7 Å².